The Morgan fingerprint density at radius 1 is 1.33 bits per heavy atom. The number of nitrogens with one attached hydrogen (secondary N) is 1. The maximum absolute atomic E-state index is 10.9. The van der Waals surface area contributed by atoms with Gasteiger partial charge >= 0.3 is 5.97 Å². The van der Waals surface area contributed by atoms with Gasteiger partial charge in [0.1, 0.15) is 5.75 Å². The molecule has 7 heteroatoms. The number of anilines is 1. The highest BCUT2D eigenvalue weighted by Gasteiger charge is 2.05. The lowest BCUT2D eigenvalue weighted by molar-refractivity contribution is 0.0697. The molecule has 0 unspecified atom stereocenters. The lowest BCUT2D eigenvalue weighted by Crippen LogP contribution is -1.98. The summed E-state index contributed by atoms with van der Waals surface area (Å²) in [4.78, 5) is 10.9. The molecule has 0 amide bonds. The minimum absolute atomic E-state index is 0.142. The molecule has 0 saturated carbocycles. The average Bonchev–Trinajstić information content (AvgIpc) is 2.44. The molecule has 0 aliphatic rings. The van der Waals surface area contributed by atoms with Crippen LogP contribution in [-0.2, 0) is 0 Å². The maximum Gasteiger partial charge on any atom is 0.335 e. The molecule has 5 nitrogen and oxygen atoms in total. The zero-order valence-corrected chi connectivity index (χ0v) is 14.3. The molecule has 3 N–H and O–H groups in total. The van der Waals surface area contributed by atoms with E-state index in [1.165, 1.54) is 18.3 Å². The highest BCUT2D eigenvalue weighted by atomic mass is 127. The molecule has 0 atom stereocenters. The van der Waals surface area contributed by atoms with Gasteiger partial charge < -0.3 is 10.2 Å². The number of benzene rings is 2. The molecule has 0 radical (unpaired) electrons. The van der Waals surface area contributed by atoms with Crippen molar-refractivity contribution in [3.8, 4) is 5.75 Å². The van der Waals surface area contributed by atoms with Crippen LogP contribution in [0, 0.1) is 3.57 Å². The number of hydrazone groups is 1. The SMILES string of the molecule is O=C(O)c1cccc(N/N=C\c2cc(Br)cc(I)c2O)c1. The Hall–Kier alpha value is -1.61. The first-order valence-corrected chi connectivity index (χ1v) is 7.65. The number of halogens is 2. The van der Waals surface area contributed by atoms with E-state index in [1.54, 1.807) is 24.3 Å². The molecule has 0 bridgehead atoms. The summed E-state index contributed by atoms with van der Waals surface area (Å²) in [5.74, 6) is -0.856. The van der Waals surface area contributed by atoms with Gasteiger partial charge in [0, 0.05) is 10.0 Å². The van der Waals surface area contributed by atoms with Crippen molar-refractivity contribution in [2.75, 3.05) is 5.43 Å². The third-order valence-corrected chi connectivity index (χ3v) is 3.84. The van der Waals surface area contributed by atoms with Crippen molar-refractivity contribution in [1.29, 1.82) is 0 Å². The lowest BCUT2D eigenvalue weighted by Gasteiger charge is -2.04. The Labute approximate surface area is 143 Å². The highest BCUT2D eigenvalue weighted by molar-refractivity contribution is 14.1. The zero-order valence-electron chi connectivity index (χ0n) is 10.5. The van der Waals surface area contributed by atoms with Crippen molar-refractivity contribution >= 4 is 56.4 Å². The summed E-state index contributed by atoms with van der Waals surface area (Å²) < 4.78 is 1.54. The van der Waals surface area contributed by atoms with E-state index < -0.39 is 5.97 Å². The normalized spacial score (nSPS) is 10.8. The predicted octanol–water partition coefficient (Wildman–Crippen LogP) is 3.90. The number of hydrogen-bond donors (Lipinski definition) is 3. The van der Waals surface area contributed by atoms with Crippen LogP contribution < -0.4 is 5.43 Å². The standard InChI is InChI=1S/C14H10BrIN2O3/c15-10-4-9(13(19)12(16)6-10)7-17-18-11-3-1-2-8(5-11)14(20)21/h1-7,18-19H,(H,20,21)/b17-7-. The number of carbonyl (C=O) groups is 1. The number of carboxylic acids is 1. The van der Waals surface area contributed by atoms with Crippen LogP contribution in [0.25, 0.3) is 0 Å². The Bertz CT molecular complexity index is 719. The smallest absolute Gasteiger partial charge is 0.335 e. The molecule has 0 fully saturated rings. The van der Waals surface area contributed by atoms with E-state index in [0.29, 0.717) is 14.8 Å². The van der Waals surface area contributed by atoms with Crippen molar-refractivity contribution in [1.82, 2.24) is 0 Å². The van der Waals surface area contributed by atoms with Gasteiger partial charge in [-0.05, 0) is 52.9 Å². The van der Waals surface area contributed by atoms with Crippen LogP contribution in [0.1, 0.15) is 15.9 Å². The fourth-order valence-electron chi connectivity index (χ4n) is 1.58. The van der Waals surface area contributed by atoms with Gasteiger partial charge in [0.15, 0.2) is 0 Å². The minimum Gasteiger partial charge on any atom is -0.506 e. The van der Waals surface area contributed by atoms with Crippen LogP contribution in [0.15, 0.2) is 46.0 Å². The zero-order chi connectivity index (χ0) is 15.4. The van der Waals surface area contributed by atoms with E-state index >= 15 is 0 Å². The molecular formula is C14H10BrIN2O3. The van der Waals surface area contributed by atoms with Crippen LogP contribution in [0.3, 0.4) is 0 Å². The van der Waals surface area contributed by atoms with Crippen LogP contribution >= 0.6 is 38.5 Å². The Morgan fingerprint density at radius 3 is 2.81 bits per heavy atom. The van der Waals surface area contributed by atoms with Crippen LogP contribution in [0.5, 0.6) is 5.75 Å². The second-order valence-electron chi connectivity index (χ2n) is 4.08. The summed E-state index contributed by atoms with van der Waals surface area (Å²) in [6.07, 6.45) is 1.47. The third-order valence-electron chi connectivity index (χ3n) is 2.56. The summed E-state index contributed by atoms with van der Waals surface area (Å²) in [6, 6.07) is 9.83. The van der Waals surface area contributed by atoms with E-state index in [-0.39, 0.29) is 11.3 Å². The Balaban J connectivity index is 2.16. The number of hydrogen-bond acceptors (Lipinski definition) is 4. The quantitative estimate of drug-likeness (QED) is 0.367. The second-order valence-corrected chi connectivity index (χ2v) is 6.16. The molecule has 0 spiro atoms. The summed E-state index contributed by atoms with van der Waals surface area (Å²) in [5.41, 5.74) is 4.01. The number of rotatable bonds is 4. The van der Waals surface area contributed by atoms with Gasteiger partial charge in [0.25, 0.3) is 0 Å². The van der Waals surface area contributed by atoms with E-state index in [1.807, 2.05) is 22.6 Å². The lowest BCUT2D eigenvalue weighted by atomic mass is 10.2. The van der Waals surface area contributed by atoms with Gasteiger partial charge in [-0.15, -0.1) is 0 Å². The fraction of sp³-hybridized carbons (Fsp3) is 0. The molecule has 0 heterocycles. The molecule has 0 aliphatic heterocycles. The van der Waals surface area contributed by atoms with Gasteiger partial charge in [-0.1, -0.05) is 22.0 Å². The van der Waals surface area contributed by atoms with E-state index in [2.05, 4.69) is 26.5 Å². The highest BCUT2D eigenvalue weighted by Crippen LogP contribution is 2.27. The van der Waals surface area contributed by atoms with Crippen molar-refractivity contribution in [2.45, 2.75) is 0 Å². The molecule has 21 heavy (non-hydrogen) atoms. The number of phenols is 1. The minimum atomic E-state index is -0.998. The topological polar surface area (TPSA) is 81.9 Å². The van der Waals surface area contributed by atoms with Crippen LogP contribution in [0.4, 0.5) is 5.69 Å². The summed E-state index contributed by atoms with van der Waals surface area (Å²) in [6.45, 7) is 0. The van der Waals surface area contributed by atoms with Crippen LogP contribution in [0.2, 0.25) is 0 Å². The molecular weight excluding hydrogens is 451 g/mol. The average molecular weight is 461 g/mol. The van der Waals surface area contributed by atoms with E-state index in [4.69, 9.17) is 5.11 Å². The first-order chi connectivity index (χ1) is 9.97. The number of carboxylic acid groups (broad SMARTS) is 1. The maximum atomic E-state index is 10.9. The molecule has 0 saturated heterocycles. The van der Waals surface area contributed by atoms with Gasteiger partial charge in [-0.2, -0.15) is 5.10 Å². The predicted molar refractivity (Wildman–Crippen MR) is 93.1 cm³/mol. The van der Waals surface area contributed by atoms with Crippen molar-refractivity contribution in [3.63, 3.8) is 0 Å². The number of phenolic OH excluding ortho intramolecular Hbond substituents is 1. The monoisotopic (exact) mass is 460 g/mol. The summed E-state index contributed by atoms with van der Waals surface area (Å²) >= 11 is 5.37. The van der Waals surface area contributed by atoms with Crippen molar-refractivity contribution < 1.29 is 15.0 Å². The van der Waals surface area contributed by atoms with Gasteiger partial charge in [-0.3, -0.25) is 5.43 Å². The summed E-state index contributed by atoms with van der Waals surface area (Å²) in [5, 5.41) is 22.8. The molecule has 0 aromatic heterocycles. The third kappa shape index (κ3) is 4.18. The van der Waals surface area contributed by atoms with Gasteiger partial charge in [0.2, 0.25) is 0 Å². The first kappa shape index (κ1) is 15.8. The van der Waals surface area contributed by atoms with Gasteiger partial charge in [-0.25, -0.2) is 4.79 Å². The Kier molecular flexibility index (Phi) is 5.18. The van der Waals surface area contributed by atoms with Crippen molar-refractivity contribution in [2.24, 2.45) is 5.10 Å². The first-order valence-electron chi connectivity index (χ1n) is 5.78. The second kappa shape index (κ2) is 6.90. The molecule has 2 rings (SSSR count). The fourth-order valence-corrected chi connectivity index (χ4v) is 3.13. The molecule has 0 aliphatic carbocycles. The molecule has 108 valence electrons. The molecule has 2 aromatic carbocycles. The number of aromatic carboxylic acids is 1. The van der Waals surface area contributed by atoms with Gasteiger partial charge in [0.05, 0.1) is 21.0 Å². The van der Waals surface area contributed by atoms with E-state index in [9.17, 15) is 9.90 Å². The molecule has 2 aromatic rings. The van der Waals surface area contributed by atoms with Crippen molar-refractivity contribution in [3.05, 3.63) is 55.6 Å². The van der Waals surface area contributed by atoms with E-state index in [0.717, 1.165) is 4.47 Å². The number of aromatic hydroxyl groups is 1. The van der Waals surface area contributed by atoms with Crippen LogP contribution in [-0.4, -0.2) is 22.4 Å². The summed E-state index contributed by atoms with van der Waals surface area (Å²) in [7, 11) is 0. The number of nitrogens with zero attached hydrogens (tertiary/aromatic N) is 1. The largest absolute Gasteiger partial charge is 0.506 e. The Morgan fingerprint density at radius 2 is 2.10 bits per heavy atom.